The third-order valence-corrected chi connectivity index (χ3v) is 3.28. The number of ether oxygens (including phenoxy) is 2. The summed E-state index contributed by atoms with van der Waals surface area (Å²) in [6, 6.07) is 9.67. The van der Waals surface area contributed by atoms with E-state index in [1.165, 1.54) is 0 Å². The molecule has 1 unspecified atom stereocenters. The Hall–Kier alpha value is -1.43. The second-order valence-electron chi connectivity index (χ2n) is 5.29. The minimum atomic E-state index is -0.914. The minimum absolute atomic E-state index is 0.122. The van der Waals surface area contributed by atoms with Gasteiger partial charge in [0.2, 0.25) is 5.91 Å². The summed E-state index contributed by atoms with van der Waals surface area (Å²) >= 11 is 0. The van der Waals surface area contributed by atoms with E-state index in [1.807, 2.05) is 44.2 Å². The van der Waals surface area contributed by atoms with Crippen molar-refractivity contribution in [2.75, 3.05) is 26.9 Å². The number of methoxy groups -OCH3 is 1. The number of amides is 1. The molecule has 1 aromatic carbocycles. The smallest absolute Gasteiger partial charge is 0.242 e. The minimum Gasteiger partial charge on any atom is -0.382 e. The van der Waals surface area contributed by atoms with Crippen LogP contribution in [0.5, 0.6) is 0 Å². The van der Waals surface area contributed by atoms with Crippen LogP contribution in [0.25, 0.3) is 0 Å². The molecule has 1 rings (SSSR count). The van der Waals surface area contributed by atoms with Crippen LogP contribution in [0.3, 0.4) is 0 Å². The van der Waals surface area contributed by atoms with Gasteiger partial charge in [0.1, 0.15) is 5.54 Å². The van der Waals surface area contributed by atoms with E-state index in [-0.39, 0.29) is 6.04 Å². The summed E-state index contributed by atoms with van der Waals surface area (Å²) in [5.74, 6) is -0.391. The van der Waals surface area contributed by atoms with Crippen LogP contribution >= 0.6 is 0 Å². The normalized spacial score (nSPS) is 14.1. The molecule has 0 spiro atoms. The van der Waals surface area contributed by atoms with Crippen molar-refractivity contribution in [3.8, 4) is 0 Å². The first-order valence-electron chi connectivity index (χ1n) is 7.22. The van der Waals surface area contributed by atoms with Crippen LogP contribution in [0.1, 0.15) is 25.8 Å². The third-order valence-electron chi connectivity index (χ3n) is 3.28. The van der Waals surface area contributed by atoms with Crippen molar-refractivity contribution in [3.63, 3.8) is 0 Å². The second-order valence-corrected chi connectivity index (χ2v) is 5.29. The maximum absolute atomic E-state index is 12.2. The van der Waals surface area contributed by atoms with Crippen molar-refractivity contribution in [2.24, 2.45) is 5.73 Å². The van der Waals surface area contributed by atoms with Crippen molar-refractivity contribution < 1.29 is 14.3 Å². The standard InChI is InChI=1S/C16H26N2O3/c1-13(2)18-16(15(17)19,9-10-21-12-11-20-3)14-7-5-4-6-8-14/h4-8,13,18H,9-12H2,1-3H3,(H2,17,19). The fraction of sp³-hybridized carbons (Fsp3) is 0.562. The molecule has 0 bridgehead atoms. The molecule has 5 nitrogen and oxygen atoms in total. The van der Waals surface area contributed by atoms with Gasteiger partial charge in [-0.05, 0) is 19.4 Å². The molecule has 0 aliphatic carbocycles. The molecule has 0 aromatic heterocycles. The van der Waals surface area contributed by atoms with Crippen LogP contribution in [-0.4, -0.2) is 38.9 Å². The Balaban J connectivity index is 2.89. The number of carbonyl (C=O) groups is 1. The maximum Gasteiger partial charge on any atom is 0.242 e. The van der Waals surface area contributed by atoms with Gasteiger partial charge in [0.05, 0.1) is 13.2 Å². The number of hydrogen-bond acceptors (Lipinski definition) is 4. The lowest BCUT2D eigenvalue weighted by Gasteiger charge is -2.34. The van der Waals surface area contributed by atoms with Crippen LogP contribution in [0.15, 0.2) is 30.3 Å². The van der Waals surface area contributed by atoms with Crippen molar-refractivity contribution >= 4 is 5.91 Å². The number of nitrogens with one attached hydrogen (secondary N) is 1. The molecule has 3 N–H and O–H groups in total. The summed E-state index contributed by atoms with van der Waals surface area (Å²) in [6.45, 7) is 5.45. The van der Waals surface area contributed by atoms with Gasteiger partial charge in [0.15, 0.2) is 0 Å². The summed E-state index contributed by atoms with van der Waals surface area (Å²) in [4.78, 5) is 12.2. The van der Waals surface area contributed by atoms with E-state index in [9.17, 15) is 4.79 Å². The predicted molar refractivity (Wildman–Crippen MR) is 82.9 cm³/mol. The Bertz CT molecular complexity index is 423. The van der Waals surface area contributed by atoms with Crippen LogP contribution in [0, 0.1) is 0 Å². The number of primary amides is 1. The van der Waals surface area contributed by atoms with Gasteiger partial charge in [-0.25, -0.2) is 0 Å². The first-order chi connectivity index (χ1) is 10.0. The molecule has 1 aromatic rings. The summed E-state index contributed by atoms with van der Waals surface area (Å²) in [5, 5.41) is 3.31. The van der Waals surface area contributed by atoms with Crippen LogP contribution in [-0.2, 0) is 19.8 Å². The molecule has 21 heavy (non-hydrogen) atoms. The van der Waals surface area contributed by atoms with Gasteiger partial charge < -0.3 is 15.2 Å². The van der Waals surface area contributed by atoms with E-state index in [0.29, 0.717) is 26.2 Å². The zero-order chi connectivity index (χ0) is 15.7. The lowest BCUT2D eigenvalue weighted by molar-refractivity contribution is -0.126. The molecular weight excluding hydrogens is 268 g/mol. The fourth-order valence-electron chi connectivity index (χ4n) is 2.32. The Kier molecular flexibility index (Phi) is 7.36. The van der Waals surface area contributed by atoms with E-state index in [1.54, 1.807) is 7.11 Å². The molecule has 5 heteroatoms. The molecule has 1 atom stereocenters. The van der Waals surface area contributed by atoms with Crippen LogP contribution in [0.4, 0.5) is 0 Å². The third kappa shape index (κ3) is 5.12. The Morgan fingerprint density at radius 3 is 2.43 bits per heavy atom. The molecule has 1 amide bonds. The molecule has 0 saturated heterocycles. The van der Waals surface area contributed by atoms with Crippen molar-refractivity contribution in [3.05, 3.63) is 35.9 Å². The maximum atomic E-state index is 12.2. The summed E-state index contributed by atoms with van der Waals surface area (Å²) < 4.78 is 10.4. The molecule has 118 valence electrons. The number of benzene rings is 1. The van der Waals surface area contributed by atoms with Gasteiger partial charge in [0.25, 0.3) is 0 Å². The molecule has 0 fully saturated rings. The largest absolute Gasteiger partial charge is 0.382 e. The van der Waals surface area contributed by atoms with E-state index in [0.717, 1.165) is 5.56 Å². The highest BCUT2D eigenvalue weighted by atomic mass is 16.5. The highest BCUT2D eigenvalue weighted by molar-refractivity contribution is 5.86. The highest BCUT2D eigenvalue weighted by Crippen LogP contribution is 2.26. The first kappa shape index (κ1) is 17.6. The Morgan fingerprint density at radius 1 is 1.24 bits per heavy atom. The van der Waals surface area contributed by atoms with Crippen molar-refractivity contribution in [2.45, 2.75) is 31.8 Å². The number of carbonyl (C=O) groups excluding carboxylic acids is 1. The van der Waals surface area contributed by atoms with Gasteiger partial charge in [-0.2, -0.15) is 0 Å². The molecular formula is C16H26N2O3. The monoisotopic (exact) mass is 294 g/mol. The lowest BCUT2D eigenvalue weighted by Crippen LogP contribution is -2.55. The topological polar surface area (TPSA) is 73.6 Å². The lowest BCUT2D eigenvalue weighted by atomic mass is 9.85. The van der Waals surface area contributed by atoms with Crippen molar-refractivity contribution in [1.29, 1.82) is 0 Å². The zero-order valence-electron chi connectivity index (χ0n) is 13.1. The quantitative estimate of drug-likeness (QED) is 0.640. The average Bonchev–Trinajstić information content (AvgIpc) is 2.46. The Morgan fingerprint density at radius 2 is 1.90 bits per heavy atom. The number of hydrogen-bond donors (Lipinski definition) is 2. The molecule has 0 aliphatic heterocycles. The SMILES string of the molecule is COCCOCCC(NC(C)C)(C(N)=O)c1ccccc1. The van der Waals surface area contributed by atoms with Gasteiger partial charge in [-0.3, -0.25) is 10.1 Å². The summed E-state index contributed by atoms with van der Waals surface area (Å²) in [7, 11) is 1.63. The van der Waals surface area contributed by atoms with Crippen LogP contribution < -0.4 is 11.1 Å². The van der Waals surface area contributed by atoms with E-state index in [2.05, 4.69) is 5.32 Å². The van der Waals surface area contributed by atoms with E-state index >= 15 is 0 Å². The van der Waals surface area contributed by atoms with Gasteiger partial charge >= 0.3 is 0 Å². The molecule has 0 aliphatic rings. The van der Waals surface area contributed by atoms with E-state index < -0.39 is 11.4 Å². The highest BCUT2D eigenvalue weighted by Gasteiger charge is 2.38. The van der Waals surface area contributed by atoms with Gasteiger partial charge in [-0.15, -0.1) is 0 Å². The predicted octanol–water partition coefficient (Wildman–Crippen LogP) is 1.42. The molecule has 0 saturated carbocycles. The van der Waals surface area contributed by atoms with Crippen molar-refractivity contribution in [1.82, 2.24) is 5.32 Å². The second kappa shape index (κ2) is 8.77. The first-order valence-corrected chi connectivity index (χ1v) is 7.22. The summed E-state index contributed by atoms with van der Waals surface area (Å²) in [5.41, 5.74) is 5.66. The van der Waals surface area contributed by atoms with Gasteiger partial charge in [-0.1, -0.05) is 30.3 Å². The number of nitrogens with two attached hydrogens (primary N) is 1. The van der Waals surface area contributed by atoms with Gasteiger partial charge in [0, 0.05) is 26.2 Å². The Labute approximate surface area is 126 Å². The zero-order valence-corrected chi connectivity index (χ0v) is 13.1. The summed E-state index contributed by atoms with van der Waals surface area (Å²) in [6.07, 6.45) is 0.480. The fourth-order valence-corrected chi connectivity index (χ4v) is 2.32. The molecule has 0 heterocycles. The average molecular weight is 294 g/mol. The van der Waals surface area contributed by atoms with Crippen LogP contribution in [0.2, 0.25) is 0 Å². The number of rotatable bonds is 10. The molecule has 0 radical (unpaired) electrons. The van der Waals surface area contributed by atoms with E-state index in [4.69, 9.17) is 15.2 Å².